The highest BCUT2D eigenvalue weighted by atomic mass is 79.9. The lowest BCUT2D eigenvalue weighted by Gasteiger charge is -2.17. The average Bonchev–Trinajstić information content (AvgIpc) is 2.78. The van der Waals surface area contributed by atoms with Gasteiger partial charge in [-0.1, -0.05) is 15.9 Å². The van der Waals surface area contributed by atoms with Gasteiger partial charge in [-0.2, -0.15) is 0 Å². The highest BCUT2D eigenvalue weighted by Gasteiger charge is 2.37. The van der Waals surface area contributed by atoms with Crippen LogP contribution < -0.4 is 0 Å². The second-order valence-corrected chi connectivity index (χ2v) is 4.97. The van der Waals surface area contributed by atoms with Crippen LogP contribution in [0.2, 0.25) is 0 Å². The molecule has 0 spiro atoms. The number of ketones is 1. The maximum Gasteiger partial charge on any atom is 0.345 e. The number of hydrogen-bond donors (Lipinski definition) is 1. The molecule has 0 aliphatic carbocycles. The summed E-state index contributed by atoms with van der Waals surface area (Å²) < 4.78 is 4.74. The number of hydrogen-bond acceptors (Lipinski definition) is 6. The number of esters is 1. The van der Waals surface area contributed by atoms with Crippen molar-refractivity contribution < 1.29 is 19.4 Å². The van der Waals surface area contributed by atoms with E-state index in [0.717, 1.165) is 11.3 Å². The Kier molecular flexibility index (Phi) is 4.79. The Morgan fingerprint density at radius 3 is 2.82 bits per heavy atom. The Bertz CT molecular complexity index is 430. The summed E-state index contributed by atoms with van der Waals surface area (Å²) in [5, 5.41) is 10.3. The van der Waals surface area contributed by atoms with Crippen molar-refractivity contribution in [2.45, 2.75) is 19.4 Å². The van der Waals surface area contributed by atoms with E-state index in [1.54, 1.807) is 6.92 Å². The van der Waals surface area contributed by atoms with Crippen molar-refractivity contribution in [2.24, 2.45) is 0 Å². The quantitative estimate of drug-likeness (QED) is 0.505. The van der Waals surface area contributed by atoms with E-state index in [4.69, 9.17) is 4.74 Å². The molecule has 7 heteroatoms. The molecule has 17 heavy (non-hydrogen) atoms. The molecule has 1 N–H and O–H groups in total. The van der Waals surface area contributed by atoms with E-state index in [2.05, 4.69) is 20.9 Å². The highest BCUT2D eigenvalue weighted by molar-refractivity contribution is 9.09. The first-order valence-corrected chi connectivity index (χ1v) is 6.82. The molecule has 0 saturated carbocycles. The molecular weight excluding hydrogens is 310 g/mol. The fraction of sp³-hybridized carbons (Fsp3) is 0.500. The van der Waals surface area contributed by atoms with Crippen LogP contribution in [-0.2, 0) is 15.1 Å². The second-order valence-electron chi connectivity index (χ2n) is 3.38. The van der Waals surface area contributed by atoms with E-state index in [0.29, 0.717) is 4.88 Å². The lowest BCUT2D eigenvalue weighted by Crippen LogP contribution is -2.33. The predicted octanol–water partition coefficient (Wildman–Crippen LogP) is 1.49. The zero-order valence-electron chi connectivity index (χ0n) is 9.40. The van der Waals surface area contributed by atoms with Gasteiger partial charge in [0.1, 0.15) is 5.01 Å². The van der Waals surface area contributed by atoms with Crippen LogP contribution in [-0.4, -0.2) is 33.8 Å². The highest BCUT2D eigenvalue weighted by Crippen LogP contribution is 2.27. The number of Topliss-reactive ketones (excluding diaryl/α,β-unsaturated/α-hetero) is 1. The first-order chi connectivity index (χ1) is 7.93. The Labute approximate surface area is 111 Å². The summed E-state index contributed by atoms with van der Waals surface area (Å²) in [6.45, 7) is 3.12. The first-order valence-electron chi connectivity index (χ1n) is 4.88. The molecule has 0 aliphatic heterocycles. The van der Waals surface area contributed by atoms with Crippen molar-refractivity contribution in [3.63, 3.8) is 0 Å². The van der Waals surface area contributed by atoms with Gasteiger partial charge in [0.05, 0.1) is 16.8 Å². The third-order valence-electron chi connectivity index (χ3n) is 1.99. The van der Waals surface area contributed by atoms with Crippen molar-refractivity contribution in [3.05, 3.63) is 16.1 Å². The number of halogens is 1. The third kappa shape index (κ3) is 3.11. The minimum absolute atomic E-state index is 0.145. The smallest absolute Gasteiger partial charge is 0.345 e. The average molecular weight is 322 g/mol. The van der Waals surface area contributed by atoms with E-state index >= 15 is 0 Å². The molecule has 0 fully saturated rings. The summed E-state index contributed by atoms with van der Waals surface area (Å²) in [5.74, 6) is -0.916. The van der Waals surface area contributed by atoms with Crippen LogP contribution >= 0.6 is 27.3 Å². The number of ether oxygens (including phenoxy) is 1. The van der Waals surface area contributed by atoms with E-state index in [9.17, 15) is 14.7 Å². The molecule has 94 valence electrons. The van der Waals surface area contributed by atoms with E-state index in [-0.39, 0.29) is 22.7 Å². The fourth-order valence-electron chi connectivity index (χ4n) is 1.05. The molecule has 0 radical (unpaired) electrons. The largest absolute Gasteiger partial charge is 0.464 e. The molecule has 1 aromatic heterocycles. The van der Waals surface area contributed by atoms with Crippen LogP contribution in [0.15, 0.2) is 6.20 Å². The van der Waals surface area contributed by atoms with Crippen LogP contribution in [0.5, 0.6) is 0 Å². The summed E-state index contributed by atoms with van der Waals surface area (Å²) >= 11 is 4.03. The molecule has 1 heterocycles. The van der Waals surface area contributed by atoms with Crippen LogP contribution in [0.4, 0.5) is 0 Å². The zero-order chi connectivity index (χ0) is 13.1. The second kappa shape index (κ2) is 5.70. The molecule has 5 nitrogen and oxygen atoms in total. The van der Waals surface area contributed by atoms with Crippen LogP contribution in [0.25, 0.3) is 0 Å². The van der Waals surface area contributed by atoms with Crippen molar-refractivity contribution in [1.82, 2.24) is 4.98 Å². The minimum Gasteiger partial charge on any atom is -0.464 e. The van der Waals surface area contributed by atoms with Crippen molar-refractivity contribution in [3.8, 4) is 0 Å². The molecule has 0 aliphatic rings. The number of alkyl halides is 1. The van der Waals surface area contributed by atoms with Crippen LogP contribution in [0, 0.1) is 0 Å². The Hall–Kier alpha value is -0.790. The van der Waals surface area contributed by atoms with Gasteiger partial charge in [0.25, 0.3) is 0 Å². The molecule has 0 aromatic carbocycles. The lowest BCUT2D eigenvalue weighted by atomic mass is 10.1. The zero-order valence-corrected chi connectivity index (χ0v) is 11.8. The summed E-state index contributed by atoms with van der Waals surface area (Å²) in [6.07, 6.45) is 1.34. The van der Waals surface area contributed by atoms with E-state index in [1.165, 1.54) is 13.1 Å². The van der Waals surface area contributed by atoms with E-state index in [1.807, 2.05) is 0 Å². The normalized spacial score (nSPS) is 14.1. The molecule has 0 amide bonds. The molecule has 1 aromatic rings. The summed E-state index contributed by atoms with van der Waals surface area (Å²) in [4.78, 5) is 27.2. The standard InChI is InChI=1S/C10H12BrNO4S/c1-3-16-9(14)10(2,15)8-12-5-7(17-8)6(13)4-11/h5,15H,3-4H2,1-2H3. The fourth-order valence-corrected chi connectivity index (χ4v) is 2.43. The van der Waals surface area contributed by atoms with Gasteiger partial charge in [0.2, 0.25) is 5.60 Å². The Balaban J connectivity index is 2.95. The van der Waals surface area contributed by atoms with Gasteiger partial charge in [-0.15, -0.1) is 11.3 Å². The molecular formula is C10H12BrNO4S. The van der Waals surface area contributed by atoms with Crippen LogP contribution in [0.1, 0.15) is 28.5 Å². The molecule has 1 rings (SSSR count). The molecule has 0 bridgehead atoms. The van der Waals surface area contributed by atoms with Crippen molar-refractivity contribution in [1.29, 1.82) is 0 Å². The monoisotopic (exact) mass is 321 g/mol. The SMILES string of the molecule is CCOC(=O)C(C)(O)c1ncc(C(=O)CBr)s1. The van der Waals surface area contributed by atoms with E-state index < -0.39 is 11.6 Å². The molecule has 1 atom stereocenters. The summed E-state index contributed by atoms with van der Waals surface area (Å²) in [6, 6.07) is 0. The summed E-state index contributed by atoms with van der Waals surface area (Å²) in [5.41, 5.74) is -1.81. The first kappa shape index (κ1) is 14.3. The number of nitrogens with zero attached hydrogens (tertiary/aromatic N) is 1. The van der Waals surface area contributed by atoms with Crippen molar-refractivity contribution >= 4 is 39.0 Å². The Morgan fingerprint density at radius 2 is 2.29 bits per heavy atom. The number of carbonyl (C=O) groups excluding carboxylic acids is 2. The predicted molar refractivity (Wildman–Crippen MR) is 66.4 cm³/mol. The Morgan fingerprint density at radius 1 is 1.65 bits per heavy atom. The number of aromatic nitrogens is 1. The number of rotatable bonds is 5. The van der Waals surface area contributed by atoms with Crippen molar-refractivity contribution in [2.75, 3.05) is 11.9 Å². The number of aliphatic hydroxyl groups is 1. The van der Waals surface area contributed by atoms with Gasteiger partial charge in [-0.05, 0) is 13.8 Å². The maximum absolute atomic E-state index is 11.5. The van der Waals surface area contributed by atoms with Crippen LogP contribution in [0.3, 0.4) is 0 Å². The maximum atomic E-state index is 11.5. The minimum atomic E-state index is -1.81. The topological polar surface area (TPSA) is 76.5 Å². The lowest BCUT2D eigenvalue weighted by molar-refractivity contribution is -0.164. The van der Waals surface area contributed by atoms with Gasteiger partial charge in [-0.25, -0.2) is 9.78 Å². The van der Waals surface area contributed by atoms with Gasteiger partial charge < -0.3 is 9.84 Å². The third-order valence-corrected chi connectivity index (χ3v) is 3.75. The van der Waals surface area contributed by atoms with Gasteiger partial charge in [-0.3, -0.25) is 4.79 Å². The van der Waals surface area contributed by atoms with Gasteiger partial charge >= 0.3 is 5.97 Å². The summed E-state index contributed by atoms with van der Waals surface area (Å²) in [7, 11) is 0. The molecule has 1 unspecified atom stereocenters. The van der Waals surface area contributed by atoms with Gasteiger partial charge in [0, 0.05) is 6.20 Å². The van der Waals surface area contributed by atoms with Gasteiger partial charge in [0.15, 0.2) is 5.78 Å². The number of thiazole rings is 1. The molecule has 0 saturated heterocycles. The number of carbonyl (C=O) groups is 2.